The minimum absolute atomic E-state index is 0.144. The fourth-order valence-corrected chi connectivity index (χ4v) is 4.28. The number of aryl methyl sites for hydroxylation is 1. The third-order valence-corrected chi connectivity index (χ3v) is 5.98. The topological polar surface area (TPSA) is 82.5 Å². The number of fused-ring (bicyclic) bond motifs is 1. The summed E-state index contributed by atoms with van der Waals surface area (Å²) in [5.41, 5.74) is 2.88. The van der Waals surface area contributed by atoms with Crippen LogP contribution in [0.25, 0.3) is 20.7 Å². The quantitative estimate of drug-likeness (QED) is 0.493. The zero-order chi connectivity index (χ0) is 22.0. The van der Waals surface area contributed by atoms with E-state index in [4.69, 9.17) is 9.47 Å². The van der Waals surface area contributed by atoms with Crippen LogP contribution < -0.4 is 20.3 Å². The summed E-state index contributed by atoms with van der Waals surface area (Å²) in [6.45, 7) is 1.78. The van der Waals surface area contributed by atoms with Gasteiger partial charge in [-0.25, -0.2) is 4.98 Å². The molecule has 0 saturated heterocycles. The van der Waals surface area contributed by atoms with Gasteiger partial charge in [0.1, 0.15) is 22.7 Å². The van der Waals surface area contributed by atoms with E-state index in [-0.39, 0.29) is 18.0 Å². The van der Waals surface area contributed by atoms with Crippen LogP contribution in [0.3, 0.4) is 0 Å². The number of nitrogens with zero attached hydrogens (tertiary/aromatic N) is 2. The Bertz CT molecular complexity index is 1310. The molecule has 0 aliphatic heterocycles. The maximum atomic E-state index is 12.9. The van der Waals surface area contributed by atoms with Crippen LogP contribution in [0.5, 0.6) is 11.5 Å². The van der Waals surface area contributed by atoms with Crippen molar-refractivity contribution in [2.75, 3.05) is 19.5 Å². The molecule has 158 valence electrons. The fraction of sp³-hybridized carbons (Fsp3) is 0.174. The number of anilines is 1. The molecule has 8 heteroatoms. The van der Waals surface area contributed by atoms with E-state index in [0.717, 1.165) is 21.8 Å². The van der Waals surface area contributed by atoms with Gasteiger partial charge in [0.15, 0.2) is 0 Å². The Kier molecular flexibility index (Phi) is 5.73. The highest BCUT2D eigenvalue weighted by atomic mass is 32.1. The maximum Gasteiger partial charge on any atom is 0.271 e. The second-order valence-electron chi connectivity index (χ2n) is 6.98. The molecule has 0 aliphatic rings. The van der Waals surface area contributed by atoms with E-state index >= 15 is 0 Å². The predicted octanol–water partition coefficient (Wildman–Crippen LogP) is 4.09. The van der Waals surface area contributed by atoms with Crippen molar-refractivity contribution in [1.82, 2.24) is 9.55 Å². The van der Waals surface area contributed by atoms with Gasteiger partial charge in [0.2, 0.25) is 5.91 Å². The summed E-state index contributed by atoms with van der Waals surface area (Å²) in [6.07, 6.45) is 1.41. The lowest BCUT2D eigenvalue weighted by Gasteiger charge is -2.11. The smallest absolute Gasteiger partial charge is 0.271 e. The summed E-state index contributed by atoms with van der Waals surface area (Å²) >= 11 is 1.36. The molecule has 31 heavy (non-hydrogen) atoms. The van der Waals surface area contributed by atoms with Gasteiger partial charge in [-0.2, -0.15) is 0 Å². The number of ether oxygens (including phenoxy) is 2. The first-order chi connectivity index (χ1) is 15.0. The van der Waals surface area contributed by atoms with Crippen molar-refractivity contribution in [3.05, 3.63) is 70.8 Å². The van der Waals surface area contributed by atoms with E-state index in [9.17, 15) is 9.59 Å². The SMILES string of the molecule is COc1ccc(-c2cc3ncn(CC(=O)Nc4cc(C)ccc4OC)c(=O)c3s2)cc1. The first-order valence-electron chi connectivity index (χ1n) is 9.56. The Morgan fingerprint density at radius 3 is 2.58 bits per heavy atom. The lowest BCUT2D eigenvalue weighted by molar-refractivity contribution is -0.116. The van der Waals surface area contributed by atoms with Crippen molar-refractivity contribution in [3.63, 3.8) is 0 Å². The van der Waals surface area contributed by atoms with Crippen LogP contribution in [0, 0.1) is 6.92 Å². The van der Waals surface area contributed by atoms with Crippen LogP contribution in [-0.2, 0) is 11.3 Å². The van der Waals surface area contributed by atoms with E-state index in [2.05, 4.69) is 10.3 Å². The minimum Gasteiger partial charge on any atom is -0.497 e. The first-order valence-corrected chi connectivity index (χ1v) is 10.4. The molecule has 1 amide bonds. The van der Waals surface area contributed by atoms with Crippen LogP contribution >= 0.6 is 11.3 Å². The summed E-state index contributed by atoms with van der Waals surface area (Å²) in [5, 5.41) is 2.81. The molecule has 2 aromatic heterocycles. The standard InChI is InChI=1S/C23H21N3O4S/c1-14-4-9-19(30-3)17(10-14)25-21(27)12-26-13-24-18-11-20(31-22(18)23(26)28)15-5-7-16(29-2)8-6-15/h4-11,13H,12H2,1-3H3,(H,25,27). The maximum absolute atomic E-state index is 12.9. The molecule has 2 heterocycles. The normalized spacial score (nSPS) is 10.8. The van der Waals surface area contributed by atoms with Gasteiger partial charge in [-0.05, 0) is 60.5 Å². The third-order valence-electron chi connectivity index (χ3n) is 4.82. The fourth-order valence-electron chi connectivity index (χ4n) is 3.22. The van der Waals surface area contributed by atoms with E-state index in [1.54, 1.807) is 20.3 Å². The summed E-state index contributed by atoms with van der Waals surface area (Å²) in [7, 11) is 3.16. The number of carbonyl (C=O) groups is 1. The van der Waals surface area contributed by atoms with Crippen molar-refractivity contribution >= 4 is 33.1 Å². The Morgan fingerprint density at radius 1 is 1.10 bits per heavy atom. The number of benzene rings is 2. The lowest BCUT2D eigenvalue weighted by Crippen LogP contribution is -2.27. The van der Waals surface area contributed by atoms with E-state index in [1.807, 2.05) is 49.4 Å². The van der Waals surface area contributed by atoms with E-state index in [1.165, 1.54) is 22.2 Å². The highest BCUT2D eigenvalue weighted by molar-refractivity contribution is 7.22. The Balaban J connectivity index is 1.58. The Labute approximate surface area is 182 Å². The molecule has 7 nitrogen and oxygen atoms in total. The Hall–Kier alpha value is -3.65. The summed E-state index contributed by atoms with van der Waals surface area (Å²) < 4.78 is 12.3. The second-order valence-corrected chi connectivity index (χ2v) is 8.04. The molecule has 0 saturated carbocycles. The molecule has 4 aromatic rings. The highest BCUT2D eigenvalue weighted by Gasteiger charge is 2.14. The number of nitrogens with one attached hydrogen (secondary N) is 1. The first kappa shape index (κ1) is 20.6. The zero-order valence-electron chi connectivity index (χ0n) is 17.3. The molecule has 0 spiro atoms. The van der Waals surface area contributed by atoms with Crippen LogP contribution in [0.1, 0.15) is 5.56 Å². The lowest BCUT2D eigenvalue weighted by atomic mass is 10.2. The average molecular weight is 436 g/mol. The summed E-state index contributed by atoms with van der Waals surface area (Å²) in [4.78, 5) is 30.8. The molecular weight excluding hydrogens is 414 g/mol. The molecule has 4 rings (SSSR count). The van der Waals surface area contributed by atoms with Crippen molar-refractivity contribution in [2.24, 2.45) is 0 Å². The third kappa shape index (κ3) is 4.29. The van der Waals surface area contributed by atoms with Gasteiger partial charge in [-0.1, -0.05) is 6.07 Å². The molecule has 1 N–H and O–H groups in total. The summed E-state index contributed by atoms with van der Waals surface area (Å²) in [6, 6.07) is 15.0. The zero-order valence-corrected chi connectivity index (χ0v) is 18.2. The molecular formula is C23H21N3O4S. The molecule has 0 fully saturated rings. The molecule has 0 unspecified atom stereocenters. The van der Waals surface area contributed by atoms with Gasteiger partial charge in [0.05, 0.1) is 31.8 Å². The number of aromatic nitrogens is 2. The molecule has 0 radical (unpaired) electrons. The number of hydrogen-bond acceptors (Lipinski definition) is 6. The van der Waals surface area contributed by atoms with Gasteiger partial charge in [0.25, 0.3) is 5.56 Å². The number of carbonyl (C=O) groups excluding carboxylic acids is 1. The van der Waals surface area contributed by atoms with Crippen molar-refractivity contribution in [1.29, 1.82) is 0 Å². The van der Waals surface area contributed by atoms with E-state index in [0.29, 0.717) is 21.7 Å². The van der Waals surface area contributed by atoms with Gasteiger partial charge >= 0.3 is 0 Å². The monoisotopic (exact) mass is 435 g/mol. The molecule has 0 bridgehead atoms. The van der Waals surface area contributed by atoms with Gasteiger partial charge in [0, 0.05) is 4.88 Å². The highest BCUT2D eigenvalue weighted by Crippen LogP contribution is 2.31. The second kappa shape index (κ2) is 8.61. The van der Waals surface area contributed by atoms with Crippen molar-refractivity contribution in [2.45, 2.75) is 13.5 Å². The van der Waals surface area contributed by atoms with Crippen LogP contribution in [-0.4, -0.2) is 29.7 Å². The van der Waals surface area contributed by atoms with Gasteiger partial charge in [-0.3, -0.25) is 14.2 Å². The predicted molar refractivity (Wildman–Crippen MR) is 122 cm³/mol. The number of amides is 1. The molecule has 2 aromatic carbocycles. The van der Waals surface area contributed by atoms with Crippen LogP contribution in [0.4, 0.5) is 5.69 Å². The number of methoxy groups -OCH3 is 2. The molecule has 0 aliphatic carbocycles. The van der Waals surface area contributed by atoms with Crippen LogP contribution in [0.15, 0.2) is 59.7 Å². The summed E-state index contributed by atoms with van der Waals surface area (Å²) in [5.74, 6) is 0.989. The minimum atomic E-state index is -0.334. The van der Waals surface area contributed by atoms with Crippen LogP contribution in [0.2, 0.25) is 0 Å². The number of rotatable bonds is 6. The average Bonchev–Trinajstić information content (AvgIpc) is 3.21. The van der Waals surface area contributed by atoms with Gasteiger partial charge < -0.3 is 14.8 Å². The van der Waals surface area contributed by atoms with Crippen molar-refractivity contribution < 1.29 is 14.3 Å². The van der Waals surface area contributed by atoms with Crippen molar-refractivity contribution in [3.8, 4) is 21.9 Å². The molecule has 0 atom stereocenters. The van der Waals surface area contributed by atoms with Gasteiger partial charge in [-0.15, -0.1) is 11.3 Å². The Morgan fingerprint density at radius 2 is 1.87 bits per heavy atom. The number of thiophene rings is 1. The number of hydrogen-bond donors (Lipinski definition) is 1. The largest absolute Gasteiger partial charge is 0.497 e. The van der Waals surface area contributed by atoms with E-state index < -0.39 is 0 Å².